The molecule has 2 N–H and O–H groups in total. The van der Waals surface area contributed by atoms with Gasteiger partial charge in [-0.05, 0) is 13.3 Å². The lowest BCUT2D eigenvalue weighted by Crippen LogP contribution is -2.44. The Labute approximate surface area is 84.2 Å². The Hall–Kier alpha value is -0.870. The highest BCUT2D eigenvalue weighted by molar-refractivity contribution is 5.84. The number of rotatable bonds is 3. The lowest BCUT2D eigenvalue weighted by atomic mass is 9.84. The molecule has 1 rings (SSSR count). The molecule has 4 heteroatoms. The molecule has 0 saturated carbocycles. The molecular weight excluding hydrogens is 184 g/mol. The summed E-state index contributed by atoms with van der Waals surface area (Å²) >= 11 is 0. The zero-order chi connectivity index (χ0) is 11.2. The van der Waals surface area contributed by atoms with Crippen LogP contribution in [0, 0.1) is 5.41 Å². The van der Waals surface area contributed by atoms with Gasteiger partial charge in [0.2, 0.25) is 0 Å². The summed E-state index contributed by atoms with van der Waals surface area (Å²) in [6.45, 7) is 8.47. The van der Waals surface area contributed by atoms with Crippen LogP contribution >= 0.6 is 0 Å². The predicted molar refractivity (Wildman–Crippen MR) is 53.1 cm³/mol. The summed E-state index contributed by atoms with van der Waals surface area (Å²) in [6, 6.07) is 0. The topological polar surface area (TPSA) is 66.8 Å². The highest BCUT2D eigenvalue weighted by Gasteiger charge is 2.35. The molecule has 0 bridgehead atoms. The zero-order valence-corrected chi connectivity index (χ0v) is 8.75. The van der Waals surface area contributed by atoms with Gasteiger partial charge in [-0.15, -0.1) is 0 Å². The first kappa shape index (κ1) is 13.1. The Morgan fingerprint density at radius 2 is 2.00 bits per heavy atom. The molecule has 1 fully saturated rings. The molecule has 0 spiro atoms. The van der Waals surface area contributed by atoms with Gasteiger partial charge in [0.05, 0.1) is 19.8 Å². The third-order valence-electron chi connectivity index (χ3n) is 2.27. The molecule has 0 aliphatic carbocycles. The quantitative estimate of drug-likeness (QED) is 0.671. The minimum Gasteiger partial charge on any atom is -0.478 e. The van der Waals surface area contributed by atoms with Crippen LogP contribution in [0.25, 0.3) is 0 Å². The van der Waals surface area contributed by atoms with Crippen LogP contribution in [0.4, 0.5) is 0 Å². The summed E-state index contributed by atoms with van der Waals surface area (Å²) in [5, 5.41) is 16.6. The van der Waals surface area contributed by atoms with E-state index in [1.807, 2.05) is 0 Å². The summed E-state index contributed by atoms with van der Waals surface area (Å²) in [6.07, 6.45) is 1.03. The van der Waals surface area contributed by atoms with Crippen molar-refractivity contribution in [3.8, 4) is 0 Å². The van der Waals surface area contributed by atoms with Gasteiger partial charge in [0.15, 0.2) is 0 Å². The monoisotopic (exact) mass is 202 g/mol. The van der Waals surface area contributed by atoms with Crippen molar-refractivity contribution >= 4 is 5.97 Å². The second kappa shape index (κ2) is 5.78. The largest absolute Gasteiger partial charge is 0.478 e. The second-order valence-electron chi connectivity index (χ2n) is 3.59. The van der Waals surface area contributed by atoms with Crippen molar-refractivity contribution in [2.75, 3.05) is 19.8 Å². The highest BCUT2D eigenvalue weighted by Crippen LogP contribution is 2.29. The predicted octanol–water partition coefficient (Wildman–Crippen LogP) is 1.05. The number of hydrogen-bond donors (Lipinski definition) is 2. The Bertz CT molecular complexity index is 181. The normalized spacial score (nSPS) is 17.4. The molecule has 14 heavy (non-hydrogen) atoms. The maximum atomic E-state index is 9.60. The van der Waals surface area contributed by atoms with Gasteiger partial charge in [0.25, 0.3) is 0 Å². The van der Waals surface area contributed by atoms with E-state index in [0.717, 1.165) is 19.6 Å². The number of carboxylic acid groups (broad SMARTS) is 1. The molecule has 1 aliphatic heterocycles. The van der Waals surface area contributed by atoms with Gasteiger partial charge < -0.3 is 14.9 Å². The van der Waals surface area contributed by atoms with Crippen molar-refractivity contribution in [3.63, 3.8) is 0 Å². The van der Waals surface area contributed by atoms with Crippen LogP contribution in [-0.4, -0.2) is 36.0 Å². The minimum absolute atomic E-state index is 0.139. The Kier molecular flexibility index (Phi) is 5.42. The highest BCUT2D eigenvalue weighted by atomic mass is 16.5. The fourth-order valence-corrected chi connectivity index (χ4v) is 0.798. The van der Waals surface area contributed by atoms with Gasteiger partial charge in [0, 0.05) is 11.0 Å². The number of carboxylic acids is 1. The van der Waals surface area contributed by atoms with E-state index >= 15 is 0 Å². The third kappa shape index (κ3) is 3.89. The minimum atomic E-state index is -0.935. The van der Waals surface area contributed by atoms with Crippen molar-refractivity contribution in [2.45, 2.75) is 20.3 Å². The fourth-order valence-electron chi connectivity index (χ4n) is 0.798. The first-order valence-electron chi connectivity index (χ1n) is 4.55. The molecule has 0 aromatic carbocycles. The van der Waals surface area contributed by atoms with E-state index < -0.39 is 5.97 Å². The molecule has 1 saturated heterocycles. The van der Waals surface area contributed by atoms with Gasteiger partial charge >= 0.3 is 5.97 Å². The second-order valence-corrected chi connectivity index (χ2v) is 3.59. The van der Waals surface area contributed by atoms with E-state index in [0.29, 0.717) is 0 Å². The van der Waals surface area contributed by atoms with E-state index in [9.17, 15) is 4.79 Å². The van der Waals surface area contributed by atoms with Gasteiger partial charge in [0.1, 0.15) is 0 Å². The zero-order valence-electron chi connectivity index (χ0n) is 8.75. The SMILES string of the molecule is C=C(C)C(=O)O.CCC1(CO)COC1. The van der Waals surface area contributed by atoms with E-state index in [-0.39, 0.29) is 17.6 Å². The lowest BCUT2D eigenvalue weighted by molar-refractivity contribution is -0.138. The standard InChI is InChI=1S/C6H12O2.C4H6O2/c1-2-6(3-7)4-8-5-6;1-3(2)4(5)6/h7H,2-5H2,1H3;1H2,2H3,(H,5,6). The first-order valence-corrected chi connectivity index (χ1v) is 4.55. The molecule has 82 valence electrons. The maximum Gasteiger partial charge on any atom is 0.330 e. The molecule has 4 nitrogen and oxygen atoms in total. The maximum absolute atomic E-state index is 9.60. The van der Waals surface area contributed by atoms with Crippen molar-refractivity contribution in [1.29, 1.82) is 0 Å². The molecular formula is C10H18O4. The van der Waals surface area contributed by atoms with Crippen LogP contribution in [0.1, 0.15) is 20.3 Å². The molecule has 1 aliphatic rings. The molecule has 0 atom stereocenters. The smallest absolute Gasteiger partial charge is 0.330 e. The lowest BCUT2D eigenvalue weighted by Gasteiger charge is -2.38. The van der Waals surface area contributed by atoms with Crippen molar-refractivity contribution in [3.05, 3.63) is 12.2 Å². The summed E-state index contributed by atoms with van der Waals surface area (Å²) < 4.78 is 4.96. The fraction of sp³-hybridized carbons (Fsp3) is 0.700. The van der Waals surface area contributed by atoms with Gasteiger partial charge in [-0.1, -0.05) is 13.5 Å². The number of carbonyl (C=O) groups is 1. The van der Waals surface area contributed by atoms with Crippen LogP contribution in [0.15, 0.2) is 12.2 Å². The number of aliphatic carboxylic acids is 1. The van der Waals surface area contributed by atoms with E-state index in [1.54, 1.807) is 0 Å². The average molecular weight is 202 g/mol. The summed E-state index contributed by atoms with van der Waals surface area (Å²) in [5.41, 5.74) is 0.315. The van der Waals surface area contributed by atoms with Crippen LogP contribution in [0.5, 0.6) is 0 Å². The Morgan fingerprint density at radius 3 is 2.00 bits per heavy atom. The number of aliphatic hydroxyl groups is 1. The van der Waals surface area contributed by atoms with Crippen LogP contribution in [0.3, 0.4) is 0 Å². The summed E-state index contributed by atoms with van der Waals surface area (Å²) in [5.74, 6) is -0.935. The summed E-state index contributed by atoms with van der Waals surface area (Å²) in [4.78, 5) is 9.60. The molecule has 0 radical (unpaired) electrons. The Morgan fingerprint density at radius 1 is 1.57 bits per heavy atom. The number of ether oxygens (including phenoxy) is 1. The molecule has 0 aromatic heterocycles. The van der Waals surface area contributed by atoms with E-state index in [1.165, 1.54) is 6.92 Å². The van der Waals surface area contributed by atoms with Crippen molar-refractivity contribution in [2.24, 2.45) is 5.41 Å². The van der Waals surface area contributed by atoms with Gasteiger partial charge in [-0.25, -0.2) is 4.79 Å². The van der Waals surface area contributed by atoms with Crippen molar-refractivity contribution < 1.29 is 19.7 Å². The van der Waals surface area contributed by atoms with Crippen molar-refractivity contribution in [1.82, 2.24) is 0 Å². The molecule has 0 amide bonds. The molecule has 1 heterocycles. The summed E-state index contributed by atoms with van der Waals surface area (Å²) in [7, 11) is 0. The Balaban J connectivity index is 0.000000255. The van der Waals surface area contributed by atoms with E-state index in [2.05, 4.69) is 13.5 Å². The first-order chi connectivity index (χ1) is 6.47. The average Bonchev–Trinajstić information content (AvgIpc) is 2.05. The van der Waals surface area contributed by atoms with Crippen LogP contribution < -0.4 is 0 Å². The third-order valence-corrected chi connectivity index (χ3v) is 2.27. The molecule has 0 aromatic rings. The van der Waals surface area contributed by atoms with Gasteiger partial charge in [-0.2, -0.15) is 0 Å². The van der Waals surface area contributed by atoms with Crippen LogP contribution in [-0.2, 0) is 9.53 Å². The van der Waals surface area contributed by atoms with E-state index in [4.69, 9.17) is 14.9 Å². The van der Waals surface area contributed by atoms with Crippen LogP contribution in [0.2, 0.25) is 0 Å². The molecule has 0 unspecified atom stereocenters. The number of hydrogen-bond acceptors (Lipinski definition) is 3. The number of aliphatic hydroxyl groups excluding tert-OH is 1. The van der Waals surface area contributed by atoms with Gasteiger partial charge in [-0.3, -0.25) is 0 Å².